The first-order valence-corrected chi connectivity index (χ1v) is 8.25. The molecule has 0 radical (unpaired) electrons. The normalized spacial score (nSPS) is 19.9. The second kappa shape index (κ2) is 6.20. The van der Waals surface area contributed by atoms with E-state index >= 15 is 0 Å². The predicted molar refractivity (Wildman–Crippen MR) is 84.2 cm³/mol. The van der Waals surface area contributed by atoms with E-state index in [-0.39, 0.29) is 23.8 Å². The van der Waals surface area contributed by atoms with Gasteiger partial charge in [-0.3, -0.25) is 19.3 Å². The van der Waals surface area contributed by atoms with E-state index in [4.69, 9.17) is 0 Å². The largest absolute Gasteiger partial charge is 0.338 e. The summed E-state index contributed by atoms with van der Waals surface area (Å²) in [7, 11) is 0. The van der Waals surface area contributed by atoms with E-state index < -0.39 is 0 Å². The standard InChI is InChI=1S/C16H17BrN2O3/c17-12-3-1-2-11(10-12)16(22)18-8-6-13(7-9-18)19-14(20)4-5-15(19)21/h1-3,10,13H,4-9H2. The van der Waals surface area contributed by atoms with E-state index in [0.29, 0.717) is 44.3 Å². The van der Waals surface area contributed by atoms with Crippen LogP contribution in [0.4, 0.5) is 0 Å². The van der Waals surface area contributed by atoms with E-state index in [0.717, 1.165) is 4.47 Å². The Labute approximate surface area is 137 Å². The molecule has 1 aromatic rings. The molecule has 0 unspecified atom stereocenters. The van der Waals surface area contributed by atoms with Crippen molar-refractivity contribution in [2.24, 2.45) is 0 Å². The summed E-state index contributed by atoms with van der Waals surface area (Å²) >= 11 is 3.37. The van der Waals surface area contributed by atoms with Gasteiger partial charge in [-0.15, -0.1) is 0 Å². The minimum atomic E-state index is -0.0678. The molecule has 0 aliphatic carbocycles. The fraction of sp³-hybridized carbons (Fsp3) is 0.438. The highest BCUT2D eigenvalue weighted by molar-refractivity contribution is 9.10. The molecule has 0 bridgehead atoms. The number of benzene rings is 1. The van der Waals surface area contributed by atoms with Crippen LogP contribution in [-0.4, -0.2) is 46.7 Å². The third-order valence-electron chi connectivity index (χ3n) is 4.28. The van der Waals surface area contributed by atoms with Gasteiger partial charge in [0.1, 0.15) is 0 Å². The fourth-order valence-electron chi connectivity index (χ4n) is 3.13. The summed E-state index contributed by atoms with van der Waals surface area (Å²) in [6.07, 6.45) is 1.99. The predicted octanol–water partition coefficient (Wildman–Crippen LogP) is 2.20. The smallest absolute Gasteiger partial charge is 0.253 e. The maximum atomic E-state index is 12.5. The molecule has 0 aromatic heterocycles. The lowest BCUT2D eigenvalue weighted by molar-refractivity contribution is -0.141. The van der Waals surface area contributed by atoms with Crippen molar-refractivity contribution in [3.8, 4) is 0 Å². The van der Waals surface area contributed by atoms with Gasteiger partial charge in [0.15, 0.2) is 0 Å². The number of hydrogen-bond acceptors (Lipinski definition) is 3. The fourth-order valence-corrected chi connectivity index (χ4v) is 3.53. The molecule has 3 amide bonds. The molecule has 2 aliphatic heterocycles. The van der Waals surface area contributed by atoms with Crippen LogP contribution in [0.1, 0.15) is 36.0 Å². The molecule has 0 N–H and O–H groups in total. The zero-order valence-electron chi connectivity index (χ0n) is 12.1. The van der Waals surface area contributed by atoms with Crippen LogP contribution in [-0.2, 0) is 9.59 Å². The van der Waals surface area contributed by atoms with Crippen molar-refractivity contribution in [1.82, 2.24) is 9.80 Å². The number of carbonyl (C=O) groups excluding carboxylic acids is 3. The molecular formula is C16H17BrN2O3. The lowest BCUT2D eigenvalue weighted by atomic mass is 10.0. The molecule has 0 saturated carbocycles. The number of piperidine rings is 1. The molecule has 6 heteroatoms. The molecule has 2 heterocycles. The van der Waals surface area contributed by atoms with Crippen molar-refractivity contribution < 1.29 is 14.4 Å². The number of hydrogen-bond donors (Lipinski definition) is 0. The number of carbonyl (C=O) groups is 3. The number of amides is 3. The summed E-state index contributed by atoms with van der Waals surface area (Å²) in [4.78, 5) is 39.2. The first-order chi connectivity index (χ1) is 10.6. The average molecular weight is 365 g/mol. The second-order valence-corrected chi connectivity index (χ2v) is 6.61. The van der Waals surface area contributed by atoms with E-state index in [1.165, 1.54) is 4.90 Å². The van der Waals surface area contributed by atoms with Crippen LogP contribution in [0.25, 0.3) is 0 Å². The summed E-state index contributed by atoms with van der Waals surface area (Å²) in [5, 5.41) is 0. The van der Waals surface area contributed by atoms with Crippen LogP contribution >= 0.6 is 15.9 Å². The summed E-state index contributed by atoms with van der Waals surface area (Å²) < 4.78 is 0.876. The Balaban J connectivity index is 1.63. The number of nitrogens with zero attached hydrogens (tertiary/aromatic N) is 2. The Kier molecular flexibility index (Phi) is 4.29. The third kappa shape index (κ3) is 2.92. The van der Waals surface area contributed by atoms with Gasteiger partial charge in [0.05, 0.1) is 0 Å². The van der Waals surface area contributed by atoms with Gasteiger partial charge in [0.2, 0.25) is 11.8 Å². The zero-order valence-corrected chi connectivity index (χ0v) is 13.7. The summed E-state index contributed by atoms with van der Waals surface area (Å²) in [5.74, 6) is -0.137. The molecule has 3 rings (SSSR count). The van der Waals surface area contributed by atoms with Gasteiger partial charge in [-0.2, -0.15) is 0 Å². The van der Waals surface area contributed by atoms with Crippen LogP contribution in [0.2, 0.25) is 0 Å². The van der Waals surface area contributed by atoms with Crippen LogP contribution in [0.5, 0.6) is 0 Å². The van der Waals surface area contributed by atoms with Crippen molar-refractivity contribution >= 4 is 33.7 Å². The van der Waals surface area contributed by atoms with E-state index in [1.807, 2.05) is 18.2 Å². The Morgan fingerprint density at radius 2 is 1.73 bits per heavy atom. The van der Waals surface area contributed by atoms with Gasteiger partial charge >= 0.3 is 0 Å². The van der Waals surface area contributed by atoms with E-state index in [9.17, 15) is 14.4 Å². The molecule has 0 spiro atoms. The Morgan fingerprint density at radius 1 is 1.09 bits per heavy atom. The summed E-state index contributed by atoms with van der Waals surface area (Å²) in [6, 6.07) is 7.28. The lowest BCUT2D eigenvalue weighted by Gasteiger charge is -2.35. The quantitative estimate of drug-likeness (QED) is 0.755. The topological polar surface area (TPSA) is 57.7 Å². The highest BCUT2D eigenvalue weighted by atomic mass is 79.9. The van der Waals surface area contributed by atoms with Gasteiger partial charge in [-0.1, -0.05) is 22.0 Å². The van der Waals surface area contributed by atoms with Gasteiger partial charge in [-0.25, -0.2) is 0 Å². The molecule has 0 atom stereocenters. The van der Waals surface area contributed by atoms with Crippen molar-refractivity contribution in [1.29, 1.82) is 0 Å². The molecule has 5 nitrogen and oxygen atoms in total. The van der Waals surface area contributed by atoms with Gasteiger partial charge in [0.25, 0.3) is 5.91 Å². The minimum absolute atomic E-state index is 0.00109. The highest BCUT2D eigenvalue weighted by Gasteiger charge is 2.37. The minimum Gasteiger partial charge on any atom is -0.338 e. The highest BCUT2D eigenvalue weighted by Crippen LogP contribution is 2.24. The zero-order chi connectivity index (χ0) is 15.7. The molecule has 116 valence electrons. The average Bonchev–Trinajstić information content (AvgIpc) is 2.86. The maximum Gasteiger partial charge on any atom is 0.253 e. The van der Waals surface area contributed by atoms with Crippen LogP contribution in [0.3, 0.4) is 0 Å². The van der Waals surface area contributed by atoms with Crippen LogP contribution in [0, 0.1) is 0 Å². The lowest BCUT2D eigenvalue weighted by Crippen LogP contribution is -2.48. The monoisotopic (exact) mass is 364 g/mol. The van der Waals surface area contributed by atoms with Gasteiger partial charge < -0.3 is 4.90 Å². The summed E-state index contributed by atoms with van der Waals surface area (Å²) in [5.41, 5.74) is 0.654. The van der Waals surface area contributed by atoms with Gasteiger partial charge in [-0.05, 0) is 31.0 Å². The maximum absolute atomic E-state index is 12.5. The molecular weight excluding hydrogens is 348 g/mol. The number of halogens is 1. The summed E-state index contributed by atoms with van der Waals surface area (Å²) in [6.45, 7) is 1.15. The van der Waals surface area contributed by atoms with Crippen molar-refractivity contribution in [3.63, 3.8) is 0 Å². The number of likely N-dealkylation sites (tertiary alicyclic amines) is 2. The second-order valence-electron chi connectivity index (χ2n) is 5.69. The molecule has 1 aromatic carbocycles. The molecule has 2 saturated heterocycles. The Bertz CT molecular complexity index is 608. The van der Waals surface area contributed by atoms with Crippen molar-refractivity contribution in [2.45, 2.75) is 31.7 Å². The van der Waals surface area contributed by atoms with Crippen LogP contribution < -0.4 is 0 Å². The first-order valence-electron chi connectivity index (χ1n) is 7.46. The van der Waals surface area contributed by atoms with E-state index in [2.05, 4.69) is 15.9 Å². The van der Waals surface area contributed by atoms with Crippen molar-refractivity contribution in [2.75, 3.05) is 13.1 Å². The SMILES string of the molecule is O=C(c1cccc(Br)c1)N1CCC(N2C(=O)CCC2=O)CC1. The number of imide groups is 1. The number of rotatable bonds is 2. The Hall–Kier alpha value is -1.69. The van der Waals surface area contributed by atoms with Gasteiger partial charge in [0, 0.05) is 42.0 Å². The van der Waals surface area contributed by atoms with Crippen LogP contribution in [0.15, 0.2) is 28.7 Å². The molecule has 2 aliphatic rings. The van der Waals surface area contributed by atoms with Crippen molar-refractivity contribution in [3.05, 3.63) is 34.3 Å². The van der Waals surface area contributed by atoms with E-state index in [1.54, 1.807) is 11.0 Å². The molecule has 2 fully saturated rings. The molecule has 22 heavy (non-hydrogen) atoms. The third-order valence-corrected chi connectivity index (χ3v) is 4.77. The first kappa shape index (κ1) is 15.2. The Morgan fingerprint density at radius 3 is 2.32 bits per heavy atom.